The third-order valence-electron chi connectivity index (χ3n) is 2.62. The molecule has 1 amide bonds. The lowest BCUT2D eigenvalue weighted by molar-refractivity contribution is 0.0949. The van der Waals surface area contributed by atoms with Crippen LogP contribution >= 0.6 is 0 Å². The van der Waals surface area contributed by atoms with E-state index in [1.165, 1.54) is 0 Å². The summed E-state index contributed by atoms with van der Waals surface area (Å²) in [7, 11) is 0. The largest absolute Gasteiger partial charge is 0.346 e. The van der Waals surface area contributed by atoms with Crippen molar-refractivity contribution in [3.8, 4) is 0 Å². The zero-order valence-corrected chi connectivity index (χ0v) is 10.6. The van der Waals surface area contributed by atoms with Gasteiger partial charge in [0.15, 0.2) is 0 Å². The molecule has 2 heterocycles. The molecule has 0 fully saturated rings. The highest BCUT2D eigenvalue weighted by Gasteiger charge is 2.14. The first-order chi connectivity index (χ1) is 8.58. The van der Waals surface area contributed by atoms with Gasteiger partial charge in [-0.2, -0.15) is 5.10 Å². The van der Waals surface area contributed by atoms with Gasteiger partial charge in [0.1, 0.15) is 0 Å². The predicted octanol–water partition coefficient (Wildman–Crippen LogP) is 1.05. The maximum atomic E-state index is 12.0. The summed E-state index contributed by atoms with van der Waals surface area (Å²) in [4.78, 5) is 20.3. The highest BCUT2D eigenvalue weighted by atomic mass is 16.1. The molecule has 0 aliphatic heterocycles. The van der Waals surface area contributed by atoms with Gasteiger partial charge in [0.2, 0.25) is 0 Å². The minimum absolute atomic E-state index is 0.152. The molecule has 2 aromatic rings. The Kier molecular flexibility index (Phi) is 3.36. The number of nitrogens with one attached hydrogen (secondary N) is 2. The van der Waals surface area contributed by atoms with Crippen LogP contribution < -0.4 is 5.32 Å². The minimum atomic E-state index is -0.152. The second-order valence-electron chi connectivity index (χ2n) is 4.14. The lowest BCUT2D eigenvalue weighted by Crippen LogP contribution is -2.24. The first-order valence-electron chi connectivity index (χ1n) is 5.65. The van der Waals surface area contributed by atoms with Crippen LogP contribution in [-0.2, 0) is 6.54 Å². The molecule has 0 aliphatic rings. The first kappa shape index (κ1) is 12.2. The summed E-state index contributed by atoms with van der Waals surface area (Å²) in [6.07, 6.45) is 3.33. The van der Waals surface area contributed by atoms with E-state index in [0.717, 1.165) is 17.1 Å². The summed E-state index contributed by atoms with van der Waals surface area (Å²) >= 11 is 0. The molecule has 0 unspecified atom stereocenters. The summed E-state index contributed by atoms with van der Waals surface area (Å²) in [5.74, 6) is -0.152. The molecule has 6 nitrogen and oxygen atoms in total. The average Bonchev–Trinajstić information content (AvgIpc) is 2.68. The quantitative estimate of drug-likeness (QED) is 0.846. The monoisotopic (exact) mass is 245 g/mol. The molecule has 0 aliphatic carbocycles. The number of amides is 1. The highest BCUT2D eigenvalue weighted by Crippen LogP contribution is 2.08. The molecule has 0 bridgehead atoms. The van der Waals surface area contributed by atoms with Gasteiger partial charge in [-0.05, 0) is 20.8 Å². The van der Waals surface area contributed by atoms with Crippen molar-refractivity contribution in [2.75, 3.05) is 0 Å². The number of aromatic amines is 1. The number of hydrogen-bond donors (Lipinski definition) is 2. The Hall–Kier alpha value is -2.24. The van der Waals surface area contributed by atoms with Gasteiger partial charge in [-0.3, -0.25) is 19.9 Å². The van der Waals surface area contributed by atoms with Crippen molar-refractivity contribution < 1.29 is 4.79 Å². The van der Waals surface area contributed by atoms with Gasteiger partial charge in [0.25, 0.3) is 5.91 Å². The lowest BCUT2D eigenvalue weighted by Gasteiger charge is -2.04. The number of hydrogen-bond acceptors (Lipinski definition) is 4. The average molecular weight is 245 g/mol. The second kappa shape index (κ2) is 4.95. The van der Waals surface area contributed by atoms with E-state index >= 15 is 0 Å². The normalized spacial score (nSPS) is 10.4. The van der Waals surface area contributed by atoms with E-state index in [9.17, 15) is 4.79 Å². The summed E-state index contributed by atoms with van der Waals surface area (Å²) < 4.78 is 0. The van der Waals surface area contributed by atoms with Crippen molar-refractivity contribution >= 4 is 5.91 Å². The Morgan fingerprint density at radius 3 is 2.61 bits per heavy atom. The summed E-state index contributed by atoms with van der Waals surface area (Å²) in [5.41, 5.74) is 3.63. The Bertz CT molecular complexity index is 539. The molecule has 0 radical (unpaired) electrons. The summed E-state index contributed by atoms with van der Waals surface area (Å²) in [6.45, 7) is 5.84. The zero-order chi connectivity index (χ0) is 13.1. The molecule has 18 heavy (non-hydrogen) atoms. The maximum Gasteiger partial charge on any atom is 0.255 e. The molecule has 0 spiro atoms. The number of carbonyl (C=O) groups is 1. The zero-order valence-electron chi connectivity index (χ0n) is 10.6. The van der Waals surface area contributed by atoms with Crippen LogP contribution in [0.25, 0.3) is 0 Å². The van der Waals surface area contributed by atoms with E-state index in [4.69, 9.17) is 0 Å². The number of nitrogens with zero attached hydrogens (tertiary/aromatic N) is 3. The fourth-order valence-corrected chi connectivity index (χ4v) is 1.66. The molecule has 2 aromatic heterocycles. The number of aromatic nitrogens is 4. The Morgan fingerprint density at radius 2 is 2.06 bits per heavy atom. The van der Waals surface area contributed by atoms with E-state index in [1.54, 1.807) is 19.3 Å². The molecule has 0 atom stereocenters. The second-order valence-corrected chi connectivity index (χ2v) is 4.14. The fraction of sp³-hybridized carbons (Fsp3) is 0.333. The summed E-state index contributed by atoms with van der Waals surface area (Å²) in [5, 5.41) is 9.58. The highest BCUT2D eigenvalue weighted by molar-refractivity contribution is 5.96. The van der Waals surface area contributed by atoms with Crippen LogP contribution in [0.4, 0.5) is 0 Å². The third kappa shape index (κ3) is 2.53. The number of H-pyrrole nitrogens is 1. The Labute approximate surface area is 105 Å². The molecule has 2 rings (SSSR count). The number of carbonyl (C=O) groups excluding carboxylic acids is 1. The molecule has 0 aromatic carbocycles. The van der Waals surface area contributed by atoms with Crippen LogP contribution in [0.3, 0.4) is 0 Å². The van der Waals surface area contributed by atoms with Gasteiger partial charge in [0, 0.05) is 11.9 Å². The fourth-order valence-electron chi connectivity index (χ4n) is 1.66. The van der Waals surface area contributed by atoms with Gasteiger partial charge in [-0.1, -0.05) is 0 Å². The molecule has 0 saturated heterocycles. The van der Waals surface area contributed by atoms with Crippen LogP contribution in [0.2, 0.25) is 0 Å². The number of rotatable bonds is 3. The number of aryl methyl sites for hydroxylation is 3. The van der Waals surface area contributed by atoms with Crippen LogP contribution in [-0.4, -0.2) is 26.1 Å². The summed E-state index contributed by atoms with van der Waals surface area (Å²) in [6, 6.07) is 0. The maximum absolute atomic E-state index is 12.0. The molecule has 94 valence electrons. The van der Waals surface area contributed by atoms with Crippen molar-refractivity contribution in [2.45, 2.75) is 27.3 Å². The SMILES string of the molecule is Cc1cnc(CNC(=O)c2c(C)n[nH]c2C)cn1. The van der Waals surface area contributed by atoms with Crippen LogP contribution in [0.5, 0.6) is 0 Å². The molecule has 0 saturated carbocycles. The van der Waals surface area contributed by atoms with Crippen molar-refractivity contribution in [3.05, 3.63) is 40.7 Å². The van der Waals surface area contributed by atoms with Crippen molar-refractivity contribution in [1.82, 2.24) is 25.5 Å². The molecular formula is C12H15N5O. The molecular weight excluding hydrogens is 230 g/mol. The van der Waals surface area contributed by atoms with E-state index in [2.05, 4.69) is 25.5 Å². The minimum Gasteiger partial charge on any atom is -0.346 e. The lowest BCUT2D eigenvalue weighted by atomic mass is 10.2. The van der Waals surface area contributed by atoms with Gasteiger partial charge in [-0.15, -0.1) is 0 Å². The van der Waals surface area contributed by atoms with E-state index in [0.29, 0.717) is 17.8 Å². The standard InChI is InChI=1S/C12H15N5O/c1-7-4-14-10(5-13-7)6-15-12(18)11-8(2)16-17-9(11)3/h4-5H,6H2,1-3H3,(H,15,18)(H,16,17). The van der Waals surface area contributed by atoms with Crippen LogP contribution in [0.1, 0.15) is 33.1 Å². The topological polar surface area (TPSA) is 83.6 Å². The molecule has 2 N–H and O–H groups in total. The predicted molar refractivity (Wildman–Crippen MR) is 66.0 cm³/mol. The molecule has 6 heteroatoms. The van der Waals surface area contributed by atoms with E-state index in [1.807, 2.05) is 13.8 Å². The van der Waals surface area contributed by atoms with Gasteiger partial charge < -0.3 is 5.32 Å². The van der Waals surface area contributed by atoms with E-state index in [-0.39, 0.29) is 5.91 Å². The smallest absolute Gasteiger partial charge is 0.255 e. The first-order valence-corrected chi connectivity index (χ1v) is 5.65. The van der Waals surface area contributed by atoms with Gasteiger partial charge >= 0.3 is 0 Å². The van der Waals surface area contributed by atoms with Crippen molar-refractivity contribution in [1.29, 1.82) is 0 Å². The Balaban J connectivity index is 2.03. The Morgan fingerprint density at radius 1 is 1.28 bits per heavy atom. The van der Waals surface area contributed by atoms with Crippen molar-refractivity contribution in [3.63, 3.8) is 0 Å². The van der Waals surface area contributed by atoms with E-state index < -0.39 is 0 Å². The van der Waals surface area contributed by atoms with Crippen molar-refractivity contribution in [2.24, 2.45) is 0 Å². The van der Waals surface area contributed by atoms with Gasteiger partial charge in [0.05, 0.1) is 35.4 Å². The van der Waals surface area contributed by atoms with Crippen LogP contribution in [0.15, 0.2) is 12.4 Å². The van der Waals surface area contributed by atoms with Gasteiger partial charge in [-0.25, -0.2) is 0 Å². The van der Waals surface area contributed by atoms with Crippen LogP contribution in [0, 0.1) is 20.8 Å². The third-order valence-corrected chi connectivity index (χ3v) is 2.62.